The lowest BCUT2D eigenvalue weighted by Gasteiger charge is -2.36. The molecule has 0 aromatic rings. The maximum absolute atomic E-state index is 10.7. The van der Waals surface area contributed by atoms with E-state index in [4.69, 9.17) is 0 Å². The summed E-state index contributed by atoms with van der Waals surface area (Å²) in [5.74, 6) is 0. The van der Waals surface area contributed by atoms with E-state index in [9.17, 15) is 10.2 Å². The fourth-order valence-corrected chi connectivity index (χ4v) is 3.70. The Morgan fingerprint density at radius 2 is 1.26 bits per heavy atom. The van der Waals surface area contributed by atoms with Crippen molar-refractivity contribution in [3.8, 4) is 0 Å². The van der Waals surface area contributed by atoms with E-state index in [2.05, 4.69) is 27.0 Å². The van der Waals surface area contributed by atoms with E-state index in [1.807, 2.05) is 0 Å². The predicted molar refractivity (Wildman–Crippen MR) is 86.2 cm³/mol. The number of hydrogen-bond donors (Lipinski definition) is 2. The molecule has 0 spiro atoms. The molecule has 112 valence electrons. The van der Waals surface area contributed by atoms with E-state index in [1.54, 1.807) is 12.2 Å². The number of unbranched alkanes of at least 4 members (excludes halogenated alkanes) is 2. The van der Waals surface area contributed by atoms with Crippen molar-refractivity contribution < 1.29 is 10.2 Å². The molecule has 0 aromatic heterocycles. The van der Waals surface area contributed by atoms with Gasteiger partial charge in [-0.05, 0) is 25.7 Å². The Morgan fingerprint density at radius 1 is 0.895 bits per heavy atom. The Balaban J connectivity index is 4.79. The standard InChI is InChI=1S/C16H30O2S/c1-5-9-13-15(17,11-7-3)19-16(18,12-8-4)14-10-6-2/h7-8,17-18H,3-6,9-14H2,1-2H3. The van der Waals surface area contributed by atoms with Crippen LogP contribution in [0.4, 0.5) is 0 Å². The van der Waals surface area contributed by atoms with Crippen molar-refractivity contribution in [2.45, 2.75) is 75.1 Å². The van der Waals surface area contributed by atoms with E-state index in [1.165, 1.54) is 11.8 Å². The van der Waals surface area contributed by atoms with Crippen LogP contribution >= 0.6 is 11.8 Å². The summed E-state index contributed by atoms with van der Waals surface area (Å²) in [7, 11) is 0. The third-order valence-corrected chi connectivity index (χ3v) is 4.65. The first-order valence-corrected chi connectivity index (χ1v) is 8.13. The summed E-state index contributed by atoms with van der Waals surface area (Å²) in [4.78, 5) is -1.83. The van der Waals surface area contributed by atoms with Gasteiger partial charge < -0.3 is 10.2 Å². The van der Waals surface area contributed by atoms with Crippen LogP contribution in [0.3, 0.4) is 0 Å². The van der Waals surface area contributed by atoms with Crippen LogP contribution in [-0.4, -0.2) is 20.1 Å². The summed E-state index contributed by atoms with van der Waals surface area (Å²) >= 11 is 1.29. The smallest absolute Gasteiger partial charge is 0.116 e. The maximum Gasteiger partial charge on any atom is 0.116 e. The molecule has 0 saturated heterocycles. The Hall–Kier alpha value is -0.250. The topological polar surface area (TPSA) is 40.5 Å². The lowest BCUT2D eigenvalue weighted by Crippen LogP contribution is -2.35. The third-order valence-electron chi connectivity index (χ3n) is 3.15. The van der Waals surface area contributed by atoms with Gasteiger partial charge in [0.05, 0.1) is 0 Å². The average molecular weight is 286 g/mol. The monoisotopic (exact) mass is 286 g/mol. The van der Waals surface area contributed by atoms with Crippen LogP contribution in [0.1, 0.15) is 65.2 Å². The van der Waals surface area contributed by atoms with Crippen molar-refractivity contribution in [3.05, 3.63) is 25.3 Å². The molecule has 0 aliphatic heterocycles. The van der Waals surface area contributed by atoms with Gasteiger partial charge in [0.2, 0.25) is 0 Å². The fourth-order valence-electron chi connectivity index (χ4n) is 2.10. The molecule has 2 atom stereocenters. The molecule has 0 aliphatic rings. The highest BCUT2D eigenvalue weighted by Crippen LogP contribution is 2.44. The van der Waals surface area contributed by atoms with E-state index < -0.39 is 9.87 Å². The van der Waals surface area contributed by atoms with Crippen LogP contribution in [0.15, 0.2) is 25.3 Å². The molecule has 0 fully saturated rings. The van der Waals surface area contributed by atoms with Gasteiger partial charge in [-0.3, -0.25) is 0 Å². The van der Waals surface area contributed by atoms with Gasteiger partial charge in [0, 0.05) is 12.8 Å². The zero-order chi connectivity index (χ0) is 14.8. The molecule has 0 heterocycles. The van der Waals surface area contributed by atoms with Gasteiger partial charge in [0.25, 0.3) is 0 Å². The molecule has 0 bridgehead atoms. The molecule has 0 amide bonds. The largest absolute Gasteiger partial charge is 0.379 e. The minimum Gasteiger partial charge on any atom is -0.379 e. The second-order valence-corrected chi connectivity index (χ2v) is 6.91. The van der Waals surface area contributed by atoms with Crippen molar-refractivity contribution in [2.75, 3.05) is 0 Å². The Bertz CT molecular complexity index is 241. The summed E-state index contributed by atoms with van der Waals surface area (Å²) in [6.45, 7) is 11.6. The Kier molecular flexibility index (Phi) is 9.50. The van der Waals surface area contributed by atoms with Crippen molar-refractivity contribution in [3.63, 3.8) is 0 Å². The van der Waals surface area contributed by atoms with E-state index in [0.717, 1.165) is 25.7 Å². The first-order chi connectivity index (χ1) is 8.95. The molecule has 2 unspecified atom stereocenters. The zero-order valence-electron chi connectivity index (χ0n) is 12.5. The van der Waals surface area contributed by atoms with Gasteiger partial charge in [0.15, 0.2) is 0 Å². The first kappa shape index (κ1) is 18.8. The minimum atomic E-state index is -0.913. The van der Waals surface area contributed by atoms with Gasteiger partial charge >= 0.3 is 0 Å². The third kappa shape index (κ3) is 7.81. The molecular formula is C16H30O2S. The Morgan fingerprint density at radius 3 is 1.53 bits per heavy atom. The summed E-state index contributed by atoms with van der Waals surface area (Å²) in [5, 5.41) is 21.4. The van der Waals surface area contributed by atoms with Gasteiger partial charge in [-0.25, -0.2) is 0 Å². The molecule has 0 radical (unpaired) electrons. The van der Waals surface area contributed by atoms with Gasteiger partial charge in [-0.1, -0.05) is 50.6 Å². The second-order valence-electron chi connectivity index (χ2n) is 5.19. The fraction of sp³-hybridized carbons (Fsp3) is 0.750. The maximum atomic E-state index is 10.7. The summed E-state index contributed by atoms with van der Waals surface area (Å²) in [6.07, 6.45) is 9.83. The number of thioether (sulfide) groups is 1. The van der Waals surface area contributed by atoms with E-state index >= 15 is 0 Å². The summed E-state index contributed by atoms with van der Waals surface area (Å²) < 4.78 is 0. The van der Waals surface area contributed by atoms with Gasteiger partial charge in [0.1, 0.15) is 9.87 Å². The SMILES string of the molecule is C=CCC(O)(CCCC)SC(O)(CC=C)CCCC. The van der Waals surface area contributed by atoms with Crippen LogP contribution in [0, 0.1) is 0 Å². The normalized spacial score (nSPS) is 17.5. The molecule has 0 aliphatic carbocycles. The highest BCUT2D eigenvalue weighted by atomic mass is 32.2. The lowest BCUT2D eigenvalue weighted by molar-refractivity contribution is 0.0938. The van der Waals surface area contributed by atoms with Gasteiger partial charge in [-0.15, -0.1) is 13.2 Å². The highest BCUT2D eigenvalue weighted by molar-refractivity contribution is 8.01. The number of hydrogen-bond acceptors (Lipinski definition) is 3. The van der Waals surface area contributed by atoms with Crippen molar-refractivity contribution in [1.82, 2.24) is 0 Å². The molecule has 0 aromatic carbocycles. The lowest BCUT2D eigenvalue weighted by atomic mass is 10.1. The molecule has 2 nitrogen and oxygen atoms in total. The van der Waals surface area contributed by atoms with Crippen LogP contribution < -0.4 is 0 Å². The van der Waals surface area contributed by atoms with Crippen molar-refractivity contribution in [1.29, 1.82) is 0 Å². The van der Waals surface area contributed by atoms with Crippen molar-refractivity contribution in [2.24, 2.45) is 0 Å². The average Bonchev–Trinajstić information content (AvgIpc) is 2.34. The van der Waals surface area contributed by atoms with E-state index in [0.29, 0.717) is 25.7 Å². The molecule has 3 heteroatoms. The molecule has 19 heavy (non-hydrogen) atoms. The molecule has 2 N–H and O–H groups in total. The van der Waals surface area contributed by atoms with Crippen LogP contribution in [-0.2, 0) is 0 Å². The van der Waals surface area contributed by atoms with Crippen molar-refractivity contribution >= 4 is 11.8 Å². The molecular weight excluding hydrogens is 256 g/mol. The first-order valence-electron chi connectivity index (χ1n) is 7.32. The number of aliphatic hydroxyl groups is 2. The predicted octanol–water partition coefficient (Wildman–Crippen LogP) is 4.63. The molecule has 0 rings (SSSR count). The summed E-state index contributed by atoms with van der Waals surface area (Å²) in [5.41, 5.74) is 0. The van der Waals surface area contributed by atoms with Crippen LogP contribution in [0.2, 0.25) is 0 Å². The zero-order valence-corrected chi connectivity index (χ0v) is 13.3. The van der Waals surface area contributed by atoms with Crippen LogP contribution in [0.5, 0.6) is 0 Å². The minimum absolute atomic E-state index is 0.503. The quantitative estimate of drug-likeness (QED) is 0.406. The molecule has 0 saturated carbocycles. The van der Waals surface area contributed by atoms with Gasteiger partial charge in [-0.2, -0.15) is 0 Å². The second kappa shape index (κ2) is 9.62. The Labute approximate surface area is 123 Å². The summed E-state index contributed by atoms with van der Waals surface area (Å²) in [6, 6.07) is 0. The highest BCUT2D eigenvalue weighted by Gasteiger charge is 2.37. The number of rotatable bonds is 12. The van der Waals surface area contributed by atoms with E-state index in [-0.39, 0.29) is 0 Å². The van der Waals surface area contributed by atoms with Crippen LogP contribution in [0.25, 0.3) is 0 Å².